The van der Waals surface area contributed by atoms with Crippen molar-refractivity contribution in [1.82, 2.24) is 9.29 Å². The van der Waals surface area contributed by atoms with Crippen LogP contribution >= 0.6 is 0 Å². The molecule has 7 heteroatoms. The van der Waals surface area contributed by atoms with Crippen LogP contribution in [0, 0.1) is 6.92 Å². The SMILES string of the molecule is CCCS(=O)(=O)N1CC2(C[C@@H](OCc3cnccc3C)CCO2)C1. The number of rotatable bonds is 6. The minimum Gasteiger partial charge on any atom is -0.373 e. The second-order valence-electron chi connectivity index (χ2n) is 6.84. The molecule has 1 aromatic heterocycles. The Balaban J connectivity index is 1.54. The Morgan fingerprint density at radius 1 is 1.46 bits per heavy atom. The lowest BCUT2D eigenvalue weighted by Gasteiger charge is -2.52. The van der Waals surface area contributed by atoms with E-state index in [-0.39, 0.29) is 17.5 Å². The molecule has 1 aromatic rings. The molecule has 0 aliphatic carbocycles. The molecule has 6 nitrogen and oxygen atoms in total. The second-order valence-corrected chi connectivity index (χ2v) is 8.93. The molecule has 0 unspecified atom stereocenters. The topological polar surface area (TPSA) is 68.7 Å². The van der Waals surface area contributed by atoms with Crippen LogP contribution in [-0.4, -0.2) is 54.9 Å². The van der Waals surface area contributed by atoms with E-state index in [4.69, 9.17) is 9.47 Å². The summed E-state index contributed by atoms with van der Waals surface area (Å²) < 4.78 is 37.7. The Morgan fingerprint density at radius 3 is 2.96 bits per heavy atom. The monoisotopic (exact) mass is 354 g/mol. The van der Waals surface area contributed by atoms with Gasteiger partial charge in [0.05, 0.1) is 24.1 Å². The maximum Gasteiger partial charge on any atom is 0.214 e. The van der Waals surface area contributed by atoms with Crippen molar-refractivity contribution in [3.05, 3.63) is 29.6 Å². The van der Waals surface area contributed by atoms with Crippen molar-refractivity contribution < 1.29 is 17.9 Å². The number of aromatic nitrogens is 1. The summed E-state index contributed by atoms with van der Waals surface area (Å²) in [6, 6.07) is 1.98. The van der Waals surface area contributed by atoms with Crippen molar-refractivity contribution in [2.24, 2.45) is 0 Å². The number of pyridine rings is 1. The summed E-state index contributed by atoms with van der Waals surface area (Å²) in [5.74, 6) is 0.212. The zero-order chi connectivity index (χ0) is 17.2. The summed E-state index contributed by atoms with van der Waals surface area (Å²) in [4.78, 5) is 4.14. The van der Waals surface area contributed by atoms with Gasteiger partial charge >= 0.3 is 0 Å². The molecular formula is C17H26N2O4S. The Hall–Kier alpha value is -1.02. The quantitative estimate of drug-likeness (QED) is 0.780. The van der Waals surface area contributed by atoms with Gasteiger partial charge in [-0.1, -0.05) is 6.92 Å². The van der Waals surface area contributed by atoms with Crippen LogP contribution in [-0.2, 0) is 26.1 Å². The summed E-state index contributed by atoms with van der Waals surface area (Å²) in [6.07, 6.45) is 5.97. The lowest BCUT2D eigenvalue weighted by Crippen LogP contribution is -2.67. The molecule has 134 valence electrons. The van der Waals surface area contributed by atoms with Gasteiger partial charge in [0.15, 0.2) is 0 Å². The lowest BCUT2D eigenvalue weighted by molar-refractivity contribution is -0.180. The number of ether oxygens (including phenoxy) is 2. The molecule has 0 bridgehead atoms. The molecule has 2 fully saturated rings. The largest absolute Gasteiger partial charge is 0.373 e. The van der Waals surface area contributed by atoms with Crippen LogP contribution in [0.3, 0.4) is 0 Å². The summed E-state index contributed by atoms with van der Waals surface area (Å²) in [7, 11) is -3.12. The van der Waals surface area contributed by atoms with Crippen molar-refractivity contribution in [2.75, 3.05) is 25.4 Å². The first kappa shape index (κ1) is 17.8. The number of sulfonamides is 1. The van der Waals surface area contributed by atoms with Gasteiger partial charge in [0.25, 0.3) is 0 Å². The van der Waals surface area contributed by atoms with E-state index in [0.717, 1.165) is 18.4 Å². The smallest absolute Gasteiger partial charge is 0.214 e. The van der Waals surface area contributed by atoms with Crippen molar-refractivity contribution in [3.63, 3.8) is 0 Å². The fourth-order valence-corrected chi connectivity index (χ4v) is 5.02. The fraction of sp³-hybridized carbons (Fsp3) is 0.706. The Bertz CT molecular complexity index is 671. The standard InChI is InChI=1S/C17H26N2O4S/c1-3-8-24(20,21)19-12-17(13-19)9-16(5-7-23-17)22-11-15-10-18-6-4-14(15)2/h4,6,10,16H,3,5,7-9,11-13H2,1-2H3/t16-/m0/s1. The van der Waals surface area contributed by atoms with Gasteiger partial charge in [0, 0.05) is 38.5 Å². The summed E-state index contributed by atoms with van der Waals surface area (Å²) in [5.41, 5.74) is 1.92. The van der Waals surface area contributed by atoms with Crippen LogP contribution in [0.15, 0.2) is 18.5 Å². The zero-order valence-electron chi connectivity index (χ0n) is 14.4. The molecule has 0 saturated carbocycles. The van der Waals surface area contributed by atoms with Crippen LogP contribution in [0.4, 0.5) is 0 Å². The highest BCUT2D eigenvalue weighted by Gasteiger charge is 2.51. The van der Waals surface area contributed by atoms with Gasteiger partial charge in [-0.3, -0.25) is 4.98 Å². The first-order chi connectivity index (χ1) is 11.4. The molecule has 1 atom stereocenters. The third-order valence-electron chi connectivity index (χ3n) is 4.85. The average Bonchev–Trinajstić information content (AvgIpc) is 2.52. The molecule has 2 aliphatic rings. The number of hydrogen-bond acceptors (Lipinski definition) is 5. The normalized spacial score (nSPS) is 24.0. The van der Waals surface area contributed by atoms with Gasteiger partial charge in [0.1, 0.15) is 0 Å². The molecule has 24 heavy (non-hydrogen) atoms. The van der Waals surface area contributed by atoms with Crippen LogP contribution in [0.25, 0.3) is 0 Å². The van der Waals surface area contributed by atoms with Crippen molar-refractivity contribution >= 4 is 10.0 Å². The minimum atomic E-state index is -3.12. The van der Waals surface area contributed by atoms with Gasteiger partial charge < -0.3 is 9.47 Å². The van der Waals surface area contributed by atoms with E-state index in [9.17, 15) is 8.42 Å². The number of hydrogen-bond donors (Lipinski definition) is 0. The van der Waals surface area contributed by atoms with E-state index < -0.39 is 10.0 Å². The third-order valence-corrected chi connectivity index (χ3v) is 6.82. The highest BCUT2D eigenvalue weighted by Crippen LogP contribution is 2.37. The van der Waals surface area contributed by atoms with E-state index >= 15 is 0 Å². The van der Waals surface area contributed by atoms with Crippen LogP contribution in [0.1, 0.15) is 37.3 Å². The molecule has 0 aromatic carbocycles. The number of aryl methyl sites for hydroxylation is 1. The summed E-state index contributed by atoms with van der Waals surface area (Å²) in [6.45, 7) is 6.02. The maximum atomic E-state index is 12.1. The highest BCUT2D eigenvalue weighted by atomic mass is 32.2. The molecule has 0 N–H and O–H groups in total. The van der Waals surface area contributed by atoms with Gasteiger partial charge in [-0.05, 0) is 37.0 Å². The first-order valence-electron chi connectivity index (χ1n) is 8.57. The van der Waals surface area contributed by atoms with Crippen molar-refractivity contribution in [1.29, 1.82) is 0 Å². The summed E-state index contributed by atoms with van der Waals surface area (Å²) in [5, 5.41) is 0. The molecule has 0 radical (unpaired) electrons. The highest BCUT2D eigenvalue weighted by molar-refractivity contribution is 7.89. The van der Waals surface area contributed by atoms with Crippen molar-refractivity contribution in [2.45, 2.75) is 51.4 Å². The molecule has 0 amide bonds. The second kappa shape index (κ2) is 7.07. The molecule has 3 rings (SSSR count). The van der Waals surface area contributed by atoms with Gasteiger partial charge in [-0.15, -0.1) is 0 Å². The third kappa shape index (κ3) is 3.79. The molecular weight excluding hydrogens is 328 g/mol. The van der Waals surface area contributed by atoms with E-state index in [1.165, 1.54) is 5.56 Å². The Morgan fingerprint density at radius 2 is 2.25 bits per heavy atom. The fourth-order valence-electron chi connectivity index (χ4n) is 3.38. The zero-order valence-corrected chi connectivity index (χ0v) is 15.2. The maximum absolute atomic E-state index is 12.1. The van der Waals surface area contributed by atoms with E-state index in [2.05, 4.69) is 4.98 Å². The van der Waals surface area contributed by atoms with E-state index in [1.54, 1.807) is 10.5 Å². The Labute approximate surface area is 144 Å². The minimum absolute atomic E-state index is 0.106. The van der Waals surface area contributed by atoms with Gasteiger partial charge in [-0.25, -0.2) is 8.42 Å². The molecule has 2 saturated heterocycles. The van der Waals surface area contributed by atoms with Crippen molar-refractivity contribution in [3.8, 4) is 0 Å². The molecule has 1 spiro atoms. The predicted molar refractivity (Wildman–Crippen MR) is 91.1 cm³/mol. The van der Waals surface area contributed by atoms with Crippen LogP contribution < -0.4 is 0 Å². The predicted octanol–water partition coefficient (Wildman–Crippen LogP) is 1.88. The van der Waals surface area contributed by atoms with E-state index in [1.807, 2.05) is 26.1 Å². The van der Waals surface area contributed by atoms with E-state index in [0.29, 0.717) is 32.7 Å². The molecule has 2 aliphatic heterocycles. The Kier molecular flexibility index (Phi) is 5.24. The lowest BCUT2D eigenvalue weighted by atomic mass is 9.86. The number of nitrogens with zero attached hydrogens (tertiary/aromatic N) is 2. The van der Waals surface area contributed by atoms with Crippen LogP contribution in [0.5, 0.6) is 0 Å². The summed E-state index contributed by atoms with van der Waals surface area (Å²) >= 11 is 0. The van der Waals surface area contributed by atoms with Gasteiger partial charge in [0.2, 0.25) is 10.0 Å². The van der Waals surface area contributed by atoms with Crippen LogP contribution in [0.2, 0.25) is 0 Å². The van der Waals surface area contributed by atoms with Gasteiger partial charge in [-0.2, -0.15) is 4.31 Å². The average molecular weight is 354 g/mol. The molecule has 3 heterocycles. The first-order valence-corrected chi connectivity index (χ1v) is 10.2.